The molecule has 1 aromatic rings. The number of carbonyl (C=O) groups excluding carboxylic acids is 1. The predicted molar refractivity (Wildman–Crippen MR) is 95.4 cm³/mol. The van der Waals surface area contributed by atoms with Crippen LogP contribution in [-0.4, -0.2) is 64.5 Å². The Morgan fingerprint density at radius 1 is 1.54 bits per heavy atom. The van der Waals surface area contributed by atoms with Gasteiger partial charge in [0.15, 0.2) is 4.77 Å². The molecule has 1 unspecified atom stereocenters. The minimum Gasteiger partial charge on any atom is -0.374 e. The molecule has 0 bridgehead atoms. The molecule has 0 saturated carbocycles. The smallest absolute Gasteiger partial charge is 0.240 e. The lowest BCUT2D eigenvalue weighted by Crippen LogP contribution is -2.48. The summed E-state index contributed by atoms with van der Waals surface area (Å²) in [5, 5.41) is 9.90. The highest BCUT2D eigenvalue weighted by Gasteiger charge is 2.21. The van der Waals surface area contributed by atoms with E-state index in [1.165, 1.54) is 0 Å². The van der Waals surface area contributed by atoms with Gasteiger partial charge >= 0.3 is 0 Å². The van der Waals surface area contributed by atoms with E-state index in [0.29, 0.717) is 17.2 Å². The molecule has 1 atom stereocenters. The molecule has 1 amide bonds. The SMILES string of the molecule is CCCc1n[nH]c(=S)n1CC(=O)NCC1CN(CC(C)C)CCO1. The van der Waals surface area contributed by atoms with Gasteiger partial charge in [0.05, 0.1) is 12.7 Å². The van der Waals surface area contributed by atoms with Gasteiger partial charge < -0.3 is 10.1 Å². The first-order chi connectivity index (χ1) is 11.5. The van der Waals surface area contributed by atoms with Crippen molar-refractivity contribution in [3.8, 4) is 0 Å². The fourth-order valence-electron chi connectivity index (χ4n) is 2.94. The first-order valence-electron chi connectivity index (χ1n) is 8.74. The van der Waals surface area contributed by atoms with Crippen LogP contribution in [0.4, 0.5) is 0 Å². The van der Waals surface area contributed by atoms with Crippen molar-refractivity contribution in [2.75, 3.05) is 32.8 Å². The van der Waals surface area contributed by atoms with Crippen LogP contribution in [0, 0.1) is 10.7 Å². The molecule has 0 aliphatic carbocycles. The highest BCUT2D eigenvalue weighted by atomic mass is 32.1. The largest absolute Gasteiger partial charge is 0.374 e. The maximum absolute atomic E-state index is 12.2. The zero-order chi connectivity index (χ0) is 17.5. The van der Waals surface area contributed by atoms with E-state index in [4.69, 9.17) is 17.0 Å². The molecule has 2 rings (SSSR count). The Balaban J connectivity index is 1.81. The van der Waals surface area contributed by atoms with Crippen LogP contribution in [0.3, 0.4) is 0 Å². The molecule has 0 aromatic carbocycles. The summed E-state index contributed by atoms with van der Waals surface area (Å²) in [7, 11) is 0. The number of nitrogens with zero attached hydrogens (tertiary/aromatic N) is 3. The van der Waals surface area contributed by atoms with Gasteiger partial charge in [-0.05, 0) is 24.6 Å². The standard InChI is InChI=1S/C16H29N5O2S/c1-4-5-14-18-19-16(24)21(14)11-15(22)17-8-13-10-20(6-7-23-13)9-12(2)3/h12-13H,4-11H2,1-3H3,(H,17,22)(H,19,24). The van der Waals surface area contributed by atoms with E-state index in [-0.39, 0.29) is 18.6 Å². The van der Waals surface area contributed by atoms with Crippen molar-refractivity contribution < 1.29 is 9.53 Å². The number of rotatable bonds is 8. The van der Waals surface area contributed by atoms with Crippen molar-refractivity contribution in [1.82, 2.24) is 25.0 Å². The van der Waals surface area contributed by atoms with Crippen molar-refractivity contribution in [2.45, 2.75) is 46.3 Å². The lowest BCUT2D eigenvalue weighted by atomic mass is 10.2. The number of hydrogen-bond donors (Lipinski definition) is 2. The zero-order valence-corrected chi connectivity index (χ0v) is 15.7. The van der Waals surface area contributed by atoms with E-state index in [1.54, 1.807) is 4.57 Å². The molecule has 1 aliphatic heterocycles. The number of carbonyl (C=O) groups is 1. The topological polar surface area (TPSA) is 75.2 Å². The molecule has 2 heterocycles. The van der Waals surface area contributed by atoms with Gasteiger partial charge in [-0.2, -0.15) is 5.10 Å². The van der Waals surface area contributed by atoms with Crippen molar-refractivity contribution >= 4 is 18.1 Å². The molecule has 1 aliphatic rings. The highest BCUT2D eigenvalue weighted by molar-refractivity contribution is 7.71. The average molecular weight is 356 g/mol. The number of H-pyrrole nitrogens is 1. The third-order valence-electron chi connectivity index (χ3n) is 3.99. The van der Waals surface area contributed by atoms with Crippen molar-refractivity contribution in [1.29, 1.82) is 0 Å². The lowest BCUT2D eigenvalue weighted by Gasteiger charge is -2.33. The number of amides is 1. The van der Waals surface area contributed by atoms with Crippen LogP contribution < -0.4 is 5.32 Å². The van der Waals surface area contributed by atoms with Crippen LogP contribution >= 0.6 is 12.2 Å². The number of aryl methyl sites for hydroxylation is 1. The Morgan fingerprint density at radius 3 is 3.04 bits per heavy atom. The molecule has 0 spiro atoms. The van der Waals surface area contributed by atoms with Crippen LogP contribution in [0.25, 0.3) is 0 Å². The van der Waals surface area contributed by atoms with Crippen LogP contribution in [0.1, 0.15) is 33.0 Å². The van der Waals surface area contributed by atoms with E-state index in [9.17, 15) is 4.79 Å². The van der Waals surface area contributed by atoms with Gasteiger partial charge in [0.25, 0.3) is 0 Å². The number of aromatic amines is 1. The normalized spacial score (nSPS) is 18.9. The van der Waals surface area contributed by atoms with Gasteiger partial charge in [-0.15, -0.1) is 0 Å². The fourth-order valence-corrected chi connectivity index (χ4v) is 3.16. The zero-order valence-electron chi connectivity index (χ0n) is 14.9. The minimum absolute atomic E-state index is 0.0499. The summed E-state index contributed by atoms with van der Waals surface area (Å²) in [6.45, 7) is 10.9. The molecule has 1 aromatic heterocycles. The van der Waals surface area contributed by atoms with E-state index in [2.05, 4.69) is 41.2 Å². The molecule has 8 heteroatoms. The second kappa shape index (κ2) is 9.29. The number of ether oxygens (including phenoxy) is 1. The Kier molecular flexibility index (Phi) is 7.39. The van der Waals surface area contributed by atoms with Gasteiger partial charge in [-0.1, -0.05) is 20.8 Å². The molecule has 0 radical (unpaired) electrons. The van der Waals surface area contributed by atoms with Gasteiger partial charge in [-0.3, -0.25) is 19.4 Å². The monoisotopic (exact) mass is 355 g/mol. The molecule has 7 nitrogen and oxygen atoms in total. The summed E-state index contributed by atoms with van der Waals surface area (Å²) in [6, 6.07) is 0. The molecule has 1 saturated heterocycles. The number of nitrogens with one attached hydrogen (secondary N) is 2. The average Bonchev–Trinajstić information content (AvgIpc) is 2.86. The molecule has 24 heavy (non-hydrogen) atoms. The molecule has 136 valence electrons. The van der Waals surface area contributed by atoms with Crippen LogP contribution in [0.15, 0.2) is 0 Å². The number of aromatic nitrogens is 3. The summed E-state index contributed by atoms with van der Waals surface area (Å²) in [5.41, 5.74) is 0. The van der Waals surface area contributed by atoms with E-state index in [0.717, 1.165) is 44.9 Å². The van der Waals surface area contributed by atoms with Gasteiger partial charge in [0.2, 0.25) is 5.91 Å². The molecule has 2 N–H and O–H groups in total. The predicted octanol–water partition coefficient (Wildman–Crippen LogP) is 1.37. The third-order valence-corrected chi connectivity index (χ3v) is 4.30. The van der Waals surface area contributed by atoms with E-state index < -0.39 is 0 Å². The third kappa shape index (κ3) is 5.68. The van der Waals surface area contributed by atoms with Crippen molar-refractivity contribution in [3.63, 3.8) is 0 Å². The minimum atomic E-state index is -0.0607. The number of morpholine rings is 1. The molecule has 1 fully saturated rings. The lowest BCUT2D eigenvalue weighted by molar-refractivity contribution is -0.123. The van der Waals surface area contributed by atoms with Gasteiger partial charge in [-0.25, -0.2) is 0 Å². The quantitative estimate of drug-likeness (QED) is 0.689. The fraction of sp³-hybridized carbons (Fsp3) is 0.812. The summed E-state index contributed by atoms with van der Waals surface area (Å²) >= 11 is 5.20. The Hall–Kier alpha value is -1.25. The maximum Gasteiger partial charge on any atom is 0.240 e. The summed E-state index contributed by atoms with van der Waals surface area (Å²) in [4.78, 5) is 14.6. The number of hydrogen-bond acceptors (Lipinski definition) is 5. The molecular weight excluding hydrogens is 326 g/mol. The maximum atomic E-state index is 12.2. The first-order valence-corrected chi connectivity index (χ1v) is 9.15. The molecular formula is C16H29N5O2S. The first kappa shape index (κ1) is 19.1. The van der Waals surface area contributed by atoms with Gasteiger partial charge in [0, 0.05) is 32.6 Å². The van der Waals surface area contributed by atoms with Crippen LogP contribution in [-0.2, 0) is 22.5 Å². The Bertz CT molecular complexity index is 583. The summed E-state index contributed by atoms with van der Waals surface area (Å²) < 4.78 is 8.02. The van der Waals surface area contributed by atoms with Crippen LogP contribution in [0.2, 0.25) is 0 Å². The highest BCUT2D eigenvalue weighted by Crippen LogP contribution is 2.07. The van der Waals surface area contributed by atoms with Crippen LogP contribution in [0.5, 0.6) is 0 Å². The van der Waals surface area contributed by atoms with E-state index in [1.807, 2.05) is 0 Å². The second-order valence-electron chi connectivity index (χ2n) is 6.73. The Labute approximate surface area is 148 Å². The van der Waals surface area contributed by atoms with Gasteiger partial charge in [0.1, 0.15) is 12.4 Å². The van der Waals surface area contributed by atoms with Crippen molar-refractivity contribution in [3.05, 3.63) is 10.6 Å². The summed E-state index contributed by atoms with van der Waals surface area (Å²) in [6.07, 6.45) is 1.81. The van der Waals surface area contributed by atoms with E-state index >= 15 is 0 Å². The Morgan fingerprint density at radius 2 is 2.33 bits per heavy atom. The van der Waals surface area contributed by atoms with Crippen molar-refractivity contribution in [2.24, 2.45) is 5.92 Å². The second-order valence-corrected chi connectivity index (χ2v) is 7.12. The summed E-state index contributed by atoms with van der Waals surface area (Å²) in [5.74, 6) is 1.41.